The van der Waals surface area contributed by atoms with Crippen LogP contribution in [0.1, 0.15) is 45.4 Å². The van der Waals surface area contributed by atoms with E-state index in [9.17, 15) is 9.59 Å². The summed E-state index contributed by atoms with van der Waals surface area (Å²) in [4.78, 5) is 23.8. The maximum Gasteiger partial charge on any atom is 0.412 e. The average molecular weight is 243 g/mol. The number of rotatable bonds is 7. The minimum atomic E-state index is -0.726. The molecule has 1 aliphatic rings. The summed E-state index contributed by atoms with van der Waals surface area (Å²) in [5.41, 5.74) is 0. The largest absolute Gasteiger partial charge is 0.423 e. The summed E-state index contributed by atoms with van der Waals surface area (Å²) >= 11 is 0. The minimum absolute atomic E-state index is 0.283. The molecule has 17 heavy (non-hydrogen) atoms. The third-order valence-corrected chi connectivity index (χ3v) is 2.71. The number of hydrogen-bond donors (Lipinski definition) is 0. The SMILES string of the molecule is CCCCCCCC(=O)OC1CN(C)C(=O)O1. The average Bonchev–Trinajstić information content (AvgIpc) is 2.57. The lowest BCUT2D eigenvalue weighted by Gasteiger charge is -2.09. The molecule has 1 unspecified atom stereocenters. The number of nitrogens with zero attached hydrogens (tertiary/aromatic N) is 1. The molecule has 5 heteroatoms. The van der Waals surface area contributed by atoms with Gasteiger partial charge in [0.1, 0.15) is 0 Å². The van der Waals surface area contributed by atoms with Crippen molar-refractivity contribution in [1.82, 2.24) is 4.90 Å². The van der Waals surface area contributed by atoms with Gasteiger partial charge in [-0.05, 0) is 6.42 Å². The number of cyclic esters (lactones) is 1. The van der Waals surface area contributed by atoms with Crippen molar-refractivity contribution in [1.29, 1.82) is 0 Å². The summed E-state index contributed by atoms with van der Waals surface area (Å²) in [6.45, 7) is 2.47. The summed E-state index contributed by atoms with van der Waals surface area (Å²) in [6.07, 6.45) is 4.69. The monoisotopic (exact) mass is 243 g/mol. The number of ether oxygens (including phenoxy) is 2. The number of amides is 1. The van der Waals surface area contributed by atoms with E-state index in [-0.39, 0.29) is 5.97 Å². The quantitative estimate of drug-likeness (QED) is 0.508. The molecule has 1 heterocycles. The summed E-state index contributed by atoms with van der Waals surface area (Å²) in [5, 5.41) is 0. The van der Waals surface area contributed by atoms with Crippen molar-refractivity contribution < 1.29 is 19.1 Å². The third kappa shape index (κ3) is 5.06. The zero-order chi connectivity index (χ0) is 12.7. The lowest BCUT2D eigenvalue weighted by molar-refractivity contribution is -0.162. The number of hydrogen-bond acceptors (Lipinski definition) is 4. The van der Waals surface area contributed by atoms with Crippen LogP contribution in [0.3, 0.4) is 0 Å². The lowest BCUT2D eigenvalue weighted by Crippen LogP contribution is -2.23. The highest BCUT2D eigenvalue weighted by Gasteiger charge is 2.30. The van der Waals surface area contributed by atoms with E-state index in [1.54, 1.807) is 7.05 Å². The van der Waals surface area contributed by atoms with Gasteiger partial charge in [-0.3, -0.25) is 4.79 Å². The number of unbranched alkanes of at least 4 members (excludes halogenated alkanes) is 4. The molecule has 0 N–H and O–H groups in total. The van der Waals surface area contributed by atoms with Crippen molar-refractivity contribution in [3.63, 3.8) is 0 Å². The molecule has 98 valence electrons. The van der Waals surface area contributed by atoms with Gasteiger partial charge in [-0.1, -0.05) is 32.6 Å². The van der Waals surface area contributed by atoms with Crippen LogP contribution in [0.4, 0.5) is 4.79 Å². The van der Waals surface area contributed by atoms with E-state index in [0.717, 1.165) is 19.3 Å². The molecule has 0 aromatic heterocycles. The summed E-state index contributed by atoms with van der Waals surface area (Å²) in [7, 11) is 1.61. The van der Waals surface area contributed by atoms with Crippen molar-refractivity contribution in [3.8, 4) is 0 Å². The van der Waals surface area contributed by atoms with Crippen LogP contribution in [0.5, 0.6) is 0 Å². The van der Waals surface area contributed by atoms with Gasteiger partial charge in [0.2, 0.25) is 0 Å². The smallest absolute Gasteiger partial charge is 0.412 e. The van der Waals surface area contributed by atoms with Gasteiger partial charge in [0.15, 0.2) is 0 Å². The molecule has 1 atom stereocenters. The van der Waals surface area contributed by atoms with Crippen LogP contribution in [-0.4, -0.2) is 36.8 Å². The van der Waals surface area contributed by atoms with E-state index < -0.39 is 12.4 Å². The number of carbonyl (C=O) groups excluding carboxylic acids is 2. The standard InChI is InChI=1S/C12H21NO4/c1-3-4-5-6-7-8-10(14)16-11-9-13(2)12(15)17-11/h11H,3-9H2,1-2H3. The molecule has 1 amide bonds. The molecule has 1 rings (SSSR count). The number of carbonyl (C=O) groups is 2. The van der Waals surface area contributed by atoms with Crippen LogP contribution in [0, 0.1) is 0 Å². The Kier molecular flexibility index (Phi) is 5.80. The molecular formula is C12H21NO4. The predicted octanol–water partition coefficient (Wildman–Crippen LogP) is 2.30. The van der Waals surface area contributed by atoms with E-state index in [4.69, 9.17) is 9.47 Å². The molecule has 1 aliphatic heterocycles. The van der Waals surface area contributed by atoms with Crippen molar-refractivity contribution in [2.75, 3.05) is 13.6 Å². The minimum Gasteiger partial charge on any atom is -0.423 e. The first-order valence-corrected chi connectivity index (χ1v) is 6.24. The topological polar surface area (TPSA) is 55.8 Å². The summed E-state index contributed by atoms with van der Waals surface area (Å²) < 4.78 is 9.87. The fourth-order valence-corrected chi connectivity index (χ4v) is 1.68. The predicted molar refractivity (Wildman–Crippen MR) is 62.4 cm³/mol. The second-order valence-corrected chi connectivity index (χ2v) is 4.35. The Morgan fingerprint density at radius 2 is 2.12 bits per heavy atom. The second kappa shape index (κ2) is 7.14. The van der Waals surface area contributed by atoms with Gasteiger partial charge in [-0.25, -0.2) is 4.79 Å². The van der Waals surface area contributed by atoms with E-state index in [1.807, 2.05) is 0 Å². The first-order valence-electron chi connectivity index (χ1n) is 6.24. The maximum absolute atomic E-state index is 11.4. The summed E-state index contributed by atoms with van der Waals surface area (Å²) in [5.74, 6) is -0.283. The molecule has 0 aromatic rings. The van der Waals surface area contributed by atoms with Gasteiger partial charge in [0, 0.05) is 13.5 Å². The maximum atomic E-state index is 11.4. The lowest BCUT2D eigenvalue weighted by atomic mass is 10.1. The zero-order valence-electron chi connectivity index (χ0n) is 10.6. The van der Waals surface area contributed by atoms with Crippen LogP contribution in [0.15, 0.2) is 0 Å². The van der Waals surface area contributed by atoms with Crippen LogP contribution < -0.4 is 0 Å². The van der Waals surface area contributed by atoms with Gasteiger partial charge in [0.05, 0.1) is 6.54 Å². The highest BCUT2D eigenvalue weighted by molar-refractivity contribution is 5.72. The Bertz CT molecular complexity index is 267. The molecule has 0 spiro atoms. The fourth-order valence-electron chi connectivity index (χ4n) is 1.68. The van der Waals surface area contributed by atoms with Gasteiger partial charge < -0.3 is 14.4 Å². The molecule has 0 radical (unpaired) electrons. The van der Waals surface area contributed by atoms with Crippen molar-refractivity contribution >= 4 is 12.1 Å². The number of likely N-dealkylation sites (N-methyl/N-ethyl adjacent to an activating group) is 1. The molecule has 0 aliphatic carbocycles. The van der Waals surface area contributed by atoms with Crippen LogP contribution >= 0.6 is 0 Å². The Labute approximate surface area is 102 Å². The van der Waals surface area contributed by atoms with E-state index in [0.29, 0.717) is 13.0 Å². The Morgan fingerprint density at radius 1 is 1.41 bits per heavy atom. The van der Waals surface area contributed by atoms with Crippen LogP contribution in [-0.2, 0) is 14.3 Å². The van der Waals surface area contributed by atoms with Crippen molar-refractivity contribution in [3.05, 3.63) is 0 Å². The molecule has 0 bridgehead atoms. The zero-order valence-corrected chi connectivity index (χ0v) is 10.6. The van der Waals surface area contributed by atoms with E-state index >= 15 is 0 Å². The Hall–Kier alpha value is -1.26. The third-order valence-electron chi connectivity index (χ3n) is 2.71. The highest BCUT2D eigenvalue weighted by atomic mass is 16.7. The molecule has 1 saturated heterocycles. The van der Waals surface area contributed by atoms with E-state index in [2.05, 4.69) is 6.92 Å². The fraction of sp³-hybridized carbons (Fsp3) is 0.833. The first kappa shape index (κ1) is 13.8. The number of esters is 1. The van der Waals surface area contributed by atoms with E-state index in [1.165, 1.54) is 17.7 Å². The molecule has 0 saturated carbocycles. The van der Waals surface area contributed by atoms with Crippen molar-refractivity contribution in [2.45, 2.75) is 51.7 Å². The molecule has 5 nitrogen and oxygen atoms in total. The molecular weight excluding hydrogens is 222 g/mol. The second-order valence-electron chi connectivity index (χ2n) is 4.35. The molecule has 1 fully saturated rings. The van der Waals surface area contributed by atoms with Crippen molar-refractivity contribution in [2.24, 2.45) is 0 Å². The van der Waals surface area contributed by atoms with Gasteiger partial charge in [-0.15, -0.1) is 0 Å². The molecule has 0 aromatic carbocycles. The van der Waals surface area contributed by atoms with Gasteiger partial charge in [-0.2, -0.15) is 0 Å². The normalized spacial score (nSPS) is 19.3. The Balaban J connectivity index is 2.07. The highest BCUT2D eigenvalue weighted by Crippen LogP contribution is 2.12. The van der Waals surface area contributed by atoms with Crippen LogP contribution in [0.2, 0.25) is 0 Å². The summed E-state index contributed by atoms with van der Waals surface area (Å²) in [6, 6.07) is 0. The Morgan fingerprint density at radius 3 is 2.71 bits per heavy atom. The van der Waals surface area contributed by atoms with Crippen LogP contribution in [0.25, 0.3) is 0 Å². The van der Waals surface area contributed by atoms with Gasteiger partial charge >= 0.3 is 12.1 Å². The van der Waals surface area contributed by atoms with Gasteiger partial charge in [0.25, 0.3) is 6.29 Å². The first-order chi connectivity index (χ1) is 8.13.